The van der Waals surface area contributed by atoms with Crippen LogP contribution in [-0.4, -0.2) is 5.97 Å². The second-order valence-electron chi connectivity index (χ2n) is 2.42. The zero-order chi connectivity index (χ0) is 8.97. The van der Waals surface area contributed by atoms with E-state index in [1.165, 1.54) is 6.92 Å². The minimum absolute atomic E-state index is 0. The molecule has 0 aliphatic carbocycles. The maximum absolute atomic E-state index is 10.4. The average Bonchev–Trinajstić information content (AvgIpc) is 2.03. The minimum Gasteiger partial charge on any atom is -1.00 e. The fraction of sp³-hybridized carbons (Fsp3) is 0.222. The van der Waals surface area contributed by atoms with Crippen molar-refractivity contribution < 1.29 is 45.6 Å². The maximum atomic E-state index is 10.4. The summed E-state index contributed by atoms with van der Waals surface area (Å²) in [6.07, 6.45) is 0. The number of rotatable bonds is 2. The summed E-state index contributed by atoms with van der Waals surface area (Å²) >= 11 is 0. The summed E-state index contributed by atoms with van der Waals surface area (Å²) in [5.41, 5.74) is 0.929. The number of benzene rings is 1. The van der Waals surface area contributed by atoms with Crippen LogP contribution in [0, 0.1) is 6.92 Å². The van der Waals surface area contributed by atoms with Crippen molar-refractivity contribution in [1.29, 1.82) is 0 Å². The Morgan fingerprint density at radius 1 is 1.38 bits per heavy atom. The molecule has 3 nitrogen and oxygen atoms in total. The number of hydrogen-bond acceptors (Lipinski definition) is 3. The summed E-state index contributed by atoms with van der Waals surface area (Å²) < 4.78 is 0. The van der Waals surface area contributed by atoms with Crippen LogP contribution in [0.4, 0.5) is 0 Å². The van der Waals surface area contributed by atoms with Gasteiger partial charge in [-0.1, -0.05) is 18.2 Å². The fourth-order valence-electron chi connectivity index (χ4n) is 0.753. The van der Waals surface area contributed by atoms with Crippen LogP contribution in [0.1, 0.15) is 13.9 Å². The van der Waals surface area contributed by atoms with Crippen molar-refractivity contribution in [3.63, 3.8) is 0 Å². The van der Waals surface area contributed by atoms with Gasteiger partial charge in [0.2, 0.25) is 0 Å². The van der Waals surface area contributed by atoms with E-state index in [4.69, 9.17) is 4.89 Å². The van der Waals surface area contributed by atoms with Crippen molar-refractivity contribution in [2.24, 2.45) is 0 Å². The van der Waals surface area contributed by atoms with Gasteiger partial charge in [-0.05, 0) is 18.6 Å². The summed E-state index contributed by atoms with van der Waals surface area (Å²) in [6.45, 7) is 3.16. The Morgan fingerprint density at radius 3 is 2.54 bits per heavy atom. The van der Waals surface area contributed by atoms with Gasteiger partial charge in [0, 0.05) is 6.92 Å². The van der Waals surface area contributed by atoms with Crippen LogP contribution in [0.2, 0.25) is 0 Å². The van der Waals surface area contributed by atoms with E-state index < -0.39 is 5.97 Å². The summed E-state index contributed by atoms with van der Waals surface area (Å²) in [4.78, 5) is 19.5. The molecule has 4 heteroatoms. The maximum Gasteiger partial charge on any atom is 1.00 e. The molecule has 0 bridgehead atoms. The van der Waals surface area contributed by atoms with Gasteiger partial charge < -0.3 is 1.43 Å². The predicted molar refractivity (Wildman–Crippen MR) is 44.7 cm³/mol. The van der Waals surface area contributed by atoms with E-state index in [-0.39, 0.29) is 31.0 Å². The standard InChI is InChI=1S/C9H10O3.Na.H/c1-7-5-3-4-6-9(7)12-11-8(2)10;;/h3-6H,1-2H3;;/q;+1;-1. The molecule has 0 aliphatic heterocycles. The smallest absolute Gasteiger partial charge is 1.00 e. The van der Waals surface area contributed by atoms with E-state index in [2.05, 4.69) is 4.89 Å². The number of carbonyl (C=O) groups excluding carboxylic acids is 1. The monoisotopic (exact) mass is 190 g/mol. The van der Waals surface area contributed by atoms with Crippen molar-refractivity contribution in [3.8, 4) is 5.75 Å². The van der Waals surface area contributed by atoms with Gasteiger partial charge in [0.25, 0.3) is 0 Å². The molecule has 0 amide bonds. The van der Waals surface area contributed by atoms with Gasteiger partial charge >= 0.3 is 35.5 Å². The number of para-hydroxylation sites is 1. The predicted octanol–water partition coefficient (Wildman–Crippen LogP) is -1.03. The summed E-state index contributed by atoms with van der Waals surface area (Å²) in [5.74, 6) is 0.103. The molecule has 1 aromatic carbocycles. The van der Waals surface area contributed by atoms with E-state index in [1.807, 2.05) is 25.1 Å². The van der Waals surface area contributed by atoms with E-state index >= 15 is 0 Å². The topological polar surface area (TPSA) is 35.5 Å². The molecule has 66 valence electrons. The molecule has 0 unspecified atom stereocenters. The first-order valence-electron chi connectivity index (χ1n) is 3.61. The van der Waals surface area contributed by atoms with Crippen LogP contribution in [0.15, 0.2) is 24.3 Å². The molecule has 0 N–H and O–H groups in total. The van der Waals surface area contributed by atoms with Gasteiger partial charge in [0.1, 0.15) is 0 Å². The molecule has 13 heavy (non-hydrogen) atoms. The van der Waals surface area contributed by atoms with Crippen LogP contribution in [0.5, 0.6) is 5.75 Å². The second-order valence-corrected chi connectivity index (χ2v) is 2.42. The molecule has 0 fully saturated rings. The largest absolute Gasteiger partial charge is 1.00 e. The molecule has 0 aliphatic rings. The molecular formula is C9H11NaO3. The summed E-state index contributed by atoms with van der Waals surface area (Å²) in [5, 5.41) is 0. The van der Waals surface area contributed by atoms with E-state index in [0.717, 1.165) is 5.56 Å². The van der Waals surface area contributed by atoms with Crippen LogP contribution in [0.25, 0.3) is 0 Å². The van der Waals surface area contributed by atoms with Crippen molar-refractivity contribution in [2.45, 2.75) is 13.8 Å². The first-order valence-corrected chi connectivity index (χ1v) is 3.61. The fourth-order valence-corrected chi connectivity index (χ4v) is 0.753. The van der Waals surface area contributed by atoms with Crippen LogP contribution in [-0.2, 0) is 9.68 Å². The van der Waals surface area contributed by atoms with Crippen LogP contribution < -0.4 is 34.4 Å². The summed E-state index contributed by atoms with van der Waals surface area (Å²) in [7, 11) is 0. The third-order valence-corrected chi connectivity index (χ3v) is 1.34. The van der Waals surface area contributed by atoms with Crippen molar-refractivity contribution in [1.82, 2.24) is 0 Å². The Labute approximate surface area is 101 Å². The van der Waals surface area contributed by atoms with Crippen LogP contribution in [0.3, 0.4) is 0 Å². The van der Waals surface area contributed by atoms with Gasteiger partial charge in [-0.25, -0.2) is 4.79 Å². The van der Waals surface area contributed by atoms with Gasteiger partial charge in [0.15, 0.2) is 5.75 Å². The van der Waals surface area contributed by atoms with Gasteiger partial charge in [-0.2, -0.15) is 0 Å². The van der Waals surface area contributed by atoms with Crippen molar-refractivity contribution in [2.75, 3.05) is 0 Å². The van der Waals surface area contributed by atoms with E-state index in [0.29, 0.717) is 5.75 Å². The molecule has 0 aromatic heterocycles. The van der Waals surface area contributed by atoms with Crippen molar-refractivity contribution >= 4 is 5.97 Å². The SMILES string of the molecule is CC(=O)OOc1ccccc1C.[H-].[Na+]. The number of hydrogen-bond donors (Lipinski definition) is 0. The Bertz CT molecular complexity index is 291. The molecular weight excluding hydrogens is 179 g/mol. The molecule has 1 aromatic rings. The zero-order valence-corrected chi connectivity index (χ0v) is 10.0. The Balaban J connectivity index is 0. The first kappa shape index (κ1) is 12.5. The Kier molecular flexibility index (Phi) is 5.79. The third kappa shape index (κ3) is 4.31. The normalized spacial score (nSPS) is 8.46. The van der Waals surface area contributed by atoms with Gasteiger partial charge in [-0.3, -0.25) is 9.78 Å². The van der Waals surface area contributed by atoms with Gasteiger partial charge in [0.05, 0.1) is 0 Å². The molecule has 0 spiro atoms. The van der Waals surface area contributed by atoms with Crippen LogP contribution >= 0.6 is 0 Å². The molecule has 0 saturated carbocycles. The van der Waals surface area contributed by atoms with E-state index in [1.54, 1.807) is 6.07 Å². The summed E-state index contributed by atoms with van der Waals surface area (Å²) in [6, 6.07) is 7.30. The Hall–Kier alpha value is -0.510. The van der Waals surface area contributed by atoms with Crippen molar-refractivity contribution in [3.05, 3.63) is 29.8 Å². The first-order chi connectivity index (χ1) is 5.70. The van der Waals surface area contributed by atoms with Gasteiger partial charge in [-0.15, -0.1) is 0 Å². The molecule has 0 heterocycles. The second kappa shape index (κ2) is 6.02. The average molecular weight is 190 g/mol. The molecule has 0 radical (unpaired) electrons. The minimum atomic E-state index is -0.460. The molecule has 0 atom stereocenters. The molecule has 1 rings (SSSR count). The number of aryl methyl sites for hydroxylation is 1. The quantitative estimate of drug-likeness (QED) is 0.340. The number of carbonyl (C=O) groups is 1. The third-order valence-electron chi connectivity index (χ3n) is 1.34. The van der Waals surface area contributed by atoms with E-state index in [9.17, 15) is 4.79 Å². The Morgan fingerprint density at radius 2 is 2.00 bits per heavy atom. The zero-order valence-electron chi connectivity index (χ0n) is 9.03. The molecule has 0 saturated heterocycles.